The van der Waals surface area contributed by atoms with Crippen LogP contribution in [0.25, 0.3) is 0 Å². The number of aliphatic hydroxyl groups excluding tert-OH is 1. The van der Waals surface area contributed by atoms with E-state index >= 15 is 0 Å². The van der Waals surface area contributed by atoms with Gasteiger partial charge in [0.15, 0.2) is 9.84 Å². The Hall–Kier alpha value is -0.740. The summed E-state index contributed by atoms with van der Waals surface area (Å²) in [6.45, 7) is 5.44. The van der Waals surface area contributed by atoms with E-state index in [1.54, 1.807) is 12.1 Å². The third-order valence-corrected chi connectivity index (χ3v) is 5.92. The molecule has 7 nitrogen and oxygen atoms in total. The van der Waals surface area contributed by atoms with Gasteiger partial charge >= 0.3 is 0 Å². The number of rotatable bonds is 6. The molecule has 1 atom stereocenters. The molecule has 1 saturated heterocycles. The molecule has 0 bridgehead atoms. The molecular weight excluding hydrogens is 370 g/mol. The number of ether oxygens (including phenoxy) is 1. The predicted molar refractivity (Wildman–Crippen MR) is 97.6 cm³/mol. The van der Waals surface area contributed by atoms with E-state index in [2.05, 4.69) is 0 Å². The lowest BCUT2D eigenvalue weighted by atomic mass is 10.0. The zero-order valence-electron chi connectivity index (χ0n) is 14.5. The smallest absolute Gasteiger partial charge is 0.205 e. The molecule has 0 aromatic heterocycles. The zero-order valence-corrected chi connectivity index (χ0v) is 16.1. The number of halogens is 1. The summed E-state index contributed by atoms with van der Waals surface area (Å²) in [7, 11) is -3.31. The van der Waals surface area contributed by atoms with Crippen molar-refractivity contribution in [3.05, 3.63) is 29.8 Å². The highest BCUT2D eigenvalue weighted by molar-refractivity contribution is 7.91. The highest BCUT2D eigenvalue weighted by atomic mass is 35.5. The van der Waals surface area contributed by atoms with Crippen LogP contribution < -0.4 is 0 Å². The fraction of sp³-hybridized carbons (Fsp3) is 0.625. The van der Waals surface area contributed by atoms with Crippen molar-refractivity contribution < 1.29 is 28.8 Å². The molecule has 9 heteroatoms. The number of sulfone groups is 1. The van der Waals surface area contributed by atoms with Crippen LogP contribution in [0.15, 0.2) is 29.2 Å². The van der Waals surface area contributed by atoms with Crippen LogP contribution in [0.2, 0.25) is 0 Å². The number of β-amino-alcohol motifs (C(OH)–C–C–N with tert-alkyl or cyclic N) is 2. The minimum absolute atomic E-state index is 0. The van der Waals surface area contributed by atoms with Crippen LogP contribution in [-0.4, -0.2) is 67.6 Å². The molecule has 1 fully saturated rings. The van der Waals surface area contributed by atoms with E-state index in [0.717, 1.165) is 0 Å². The maximum absolute atomic E-state index is 12.2. The molecule has 146 valence electrons. The molecule has 25 heavy (non-hydrogen) atoms. The zero-order chi connectivity index (χ0) is 17.1. The number of aliphatic hydroxyl groups is 2. The fourth-order valence-electron chi connectivity index (χ4n) is 2.74. The van der Waals surface area contributed by atoms with E-state index in [-0.39, 0.29) is 47.6 Å². The summed E-state index contributed by atoms with van der Waals surface area (Å²) in [4.78, 5) is 2.16. The maximum atomic E-state index is 12.2. The normalized spacial score (nSPS) is 21.5. The van der Waals surface area contributed by atoms with Crippen molar-refractivity contribution in [2.75, 3.05) is 38.6 Å². The molecule has 0 radical (unpaired) electrons. The van der Waals surface area contributed by atoms with E-state index in [9.17, 15) is 13.5 Å². The second-order valence-electron chi connectivity index (χ2n) is 6.33. The third-order valence-electron chi connectivity index (χ3n) is 3.82. The highest BCUT2D eigenvalue weighted by Crippen LogP contribution is 2.28. The van der Waals surface area contributed by atoms with Crippen molar-refractivity contribution in [1.29, 1.82) is 0 Å². The Kier molecular flexibility index (Phi) is 9.53. The molecule has 0 aliphatic carbocycles. The Balaban J connectivity index is 0.00000288. The fourth-order valence-corrected chi connectivity index (χ4v) is 4.36. The van der Waals surface area contributed by atoms with Gasteiger partial charge in [0.05, 0.1) is 30.4 Å². The van der Waals surface area contributed by atoms with Gasteiger partial charge in [-0.1, -0.05) is 26.0 Å². The van der Waals surface area contributed by atoms with Gasteiger partial charge in [-0.05, 0) is 18.1 Å². The number of hydrogen-bond acceptors (Lipinski definition) is 6. The molecule has 0 saturated carbocycles. The standard InChI is InChI=1S/C16H25NO5S.ClH.H2O/c1-13(2)11-23(20,21)15-5-3-14(4-6-15)16(19)12-17(7-9-18)8-10-22-16;;/h3-6,13,18-19H,7-12H2,1-2H3;1H;1H2. The Morgan fingerprint density at radius 2 is 1.88 bits per heavy atom. The van der Waals surface area contributed by atoms with Crippen molar-refractivity contribution in [3.8, 4) is 0 Å². The van der Waals surface area contributed by atoms with Crippen molar-refractivity contribution in [1.82, 2.24) is 4.90 Å². The van der Waals surface area contributed by atoms with Crippen molar-refractivity contribution >= 4 is 22.2 Å². The summed E-state index contributed by atoms with van der Waals surface area (Å²) < 4.78 is 29.9. The minimum Gasteiger partial charge on any atom is -0.412 e. The SMILES string of the molecule is CC(C)CS(=O)(=O)c1ccc(C2(O)CN(CCO)CCO2)cc1.Cl.O. The van der Waals surface area contributed by atoms with Gasteiger partial charge in [0, 0.05) is 18.7 Å². The molecule has 1 aromatic carbocycles. The summed E-state index contributed by atoms with van der Waals surface area (Å²) >= 11 is 0. The van der Waals surface area contributed by atoms with Gasteiger partial charge in [0.1, 0.15) is 0 Å². The van der Waals surface area contributed by atoms with Crippen molar-refractivity contribution in [3.63, 3.8) is 0 Å². The van der Waals surface area contributed by atoms with Crippen molar-refractivity contribution in [2.45, 2.75) is 24.5 Å². The Labute approximate surface area is 155 Å². The van der Waals surface area contributed by atoms with Gasteiger partial charge < -0.3 is 20.4 Å². The second kappa shape index (κ2) is 9.82. The average Bonchev–Trinajstić information content (AvgIpc) is 2.46. The lowest BCUT2D eigenvalue weighted by Crippen LogP contribution is -2.50. The first-order valence-electron chi connectivity index (χ1n) is 7.80. The first-order chi connectivity index (χ1) is 10.8. The van der Waals surface area contributed by atoms with Gasteiger partial charge in [-0.2, -0.15) is 0 Å². The third kappa shape index (κ3) is 6.18. The van der Waals surface area contributed by atoms with E-state index in [0.29, 0.717) is 25.3 Å². The molecule has 1 aliphatic heterocycles. The number of benzene rings is 1. The Bertz CT molecular complexity index is 620. The monoisotopic (exact) mass is 397 g/mol. The number of nitrogens with zero attached hydrogens (tertiary/aromatic N) is 1. The summed E-state index contributed by atoms with van der Waals surface area (Å²) in [5.41, 5.74) is 0.517. The van der Waals surface area contributed by atoms with Crippen LogP contribution >= 0.6 is 12.4 Å². The first-order valence-corrected chi connectivity index (χ1v) is 9.45. The molecule has 1 heterocycles. The number of morpholine rings is 1. The Morgan fingerprint density at radius 1 is 1.28 bits per heavy atom. The van der Waals surface area contributed by atoms with Crippen LogP contribution in [0.3, 0.4) is 0 Å². The van der Waals surface area contributed by atoms with E-state index in [4.69, 9.17) is 9.84 Å². The van der Waals surface area contributed by atoms with Crippen LogP contribution in [0.1, 0.15) is 19.4 Å². The highest BCUT2D eigenvalue weighted by Gasteiger charge is 2.36. The van der Waals surface area contributed by atoms with Crippen LogP contribution in [0, 0.1) is 5.92 Å². The van der Waals surface area contributed by atoms with Crippen LogP contribution in [-0.2, 0) is 20.4 Å². The van der Waals surface area contributed by atoms with Crippen molar-refractivity contribution in [2.24, 2.45) is 5.92 Å². The molecule has 1 aromatic rings. The minimum atomic E-state index is -3.31. The predicted octanol–water partition coefficient (Wildman–Crippen LogP) is 0.183. The van der Waals surface area contributed by atoms with Gasteiger partial charge in [-0.15, -0.1) is 12.4 Å². The summed E-state index contributed by atoms with van der Waals surface area (Å²) in [6.07, 6.45) is 0. The van der Waals surface area contributed by atoms with E-state index < -0.39 is 15.6 Å². The van der Waals surface area contributed by atoms with E-state index in [1.165, 1.54) is 12.1 Å². The average molecular weight is 398 g/mol. The van der Waals surface area contributed by atoms with E-state index in [1.807, 2.05) is 18.7 Å². The largest absolute Gasteiger partial charge is 0.412 e. The van der Waals surface area contributed by atoms with Crippen LogP contribution in [0.4, 0.5) is 0 Å². The molecule has 0 amide bonds. The molecule has 0 spiro atoms. The molecule has 1 aliphatic rings. The summed E-state index contributed by atoms with van der Waals surface area (Å²) in [5.74, 6) is -1.33. The summed E-state index contributed by atoms with van der Waals surface area (Å²) in [5, 5.41) is 19.7. The lowest BCUT2D eigenvalue weighted by Gasteiger charge is -2.39. The van der Waals surface area contributed by atoms with Gasteiger partial charge in [-0.25, -0.2) is 8.42 Å². The Morgan fingerprint density at radius 3 is 2.40 bits per heavy atom. The number of hydrogen-bond donors (Lipinski definition) is 2. The first kappa shape index (κ1) is 24.3. The quantitative estimate of drug-likeness (QED) is 0.706. The molecule has 4 N–H and O–H groups in total. The van der Waals surface area contributed by atoms with Gasteiger partial charge in [-0.3, -0.25) is 4.90 Å². The van der Waals surface area contributed by atoms with Gasteiger partial charge in [0.2, 0.25) is 5.79 Å². The molecular formula is C16H28ClNO6S. The van der Waals surface area contributed by atoms with Crippen LogP contribution in [0.5, 0.6) is 0 Å². The molecule has 2 rings (SSSR count). The summed E-state index contributed by atoms with van der Waals surface area (Å²) in [6, 6.07) is 6.21. The molecule has 1 unspecified atom stereocenters. The maximum Gasteiger partial charge on any atom is 0.205 e. The van der Waals surface area contributed by atoms with Gasteiger partial charge in [0.25, 0.3) is 0 Å². The lowest BCUT2D eigenvalue weighted by molar-refractivity contribution is -0.248. The topological polar surface area (TPSA) is 119 Å². The second-order valence-corrected chi connectivity index (χ2v) is 8.37.